The van der Waals surface area contributed by atoms with Crippen LogP contribution in [-0.2, 0) is 0 Å². The number of hydrogen-bond acceptors (Lipinski definition) is 4. The normalized spacial score (nSPS) is 10.2. The minimum absolute atomic E-state index is 0.0186. The van der Waals surface area contributed by atoms with Crippen LogP contribution in [0.25, 0.3) is 0 Å². The molecule has 92 valence electrons. The Bertz CT molecular complexity index is 587. The van der Waals surface area contributed by atoms with Crippen LogP contribution in [0.5, 0.6) is 0 Å². The number of halogens is 3. The summed E-state index contributed by atoms with van der Waals surface area (Å²) in [4.78, 5) is 18.4. The lowest BCUT2D eigenvalue weighted by Crippen LogP contribution is -2.02. The Morgan fingerprint density at radius 1 is 1.28 bits per heavy atom. The molecule has 0 amide bonds. The van der Waals surface area contributed by atoms with Gasteiger partial charge in [0, 0.05) is 0 Å². The van der Waals surface area contributed by atoms with E-state index in [0.29, 0.717) is 6.29 Å². The van der Waals surface area contributed by atoms with Crippen molar-refractivity contribution in [2.75, 3.05) is 5.32 Å². The van der Waals surface area contributed by atoms with Crippen LogP contribution in [0.15, 0.2) is 24.5 Å². The maximum atomic E-state index is 13.6. The average Bonchev–Trinajstić information content (AvgIpc) is 2.34. The number of aldehydes is 1. The van der Waals surface area contributed by atoms with Crippen LogP contribution in [0, 0.1) is 5.82 Å². The molecule has 1 N–H and O–H groups in total. The molecule has 0 aliphatic heterocycles. The summed E-state index contributed by atoms with van der Waals surface area (Å²) in [5, 5.41) is 2.78. The van der Waals surface area contributed by atoms with E-state index in [-0.39, 0.29) is 27.2 Å². The number of benzene rings is 1. The molecule has 2 rings (SSSR count). The standard InChI is InChI=1S/C11H6Cl2FN3O/c12-7-2-1-3-8(14)9(7)17-11-6(4-18)10(13)15-5-16-11/h1-5H,(H,15,16,17). The fraction of sp³-hybridized carbons (Fsp3) is 0. The average molecular weight is 286 g/mol. The van der Waals surface area contributed by atoms with Crippen molar-refractivity contribution in [1.82, 2.24) is 9.97 Å². The number of carbonyl (C=O) groups excluding carboxylic acids is 1. The van der Waals surface area contributed by atoms with Crippen molar-refractivity contribution in [3.05, 3.63) is 46.1 Å². The van der Waals surface area contributed by atoms with Crippen molar-refractivity contribution >= 4 is 41.0 Å². The van der Waals surface area contributed by atoms with Gasteiger partial charge >= 0.3 is 0 Å². The SMILES string of the molecule is O=Cc1c(Cl)ncnc1Nc1c(F)cccc1Cl. The van der Waals surface area contributed by atoms with E-state index in [1.807, 2.05) is 0 Å². The third kappa shape index (κ3) is 2.42. The highest BCUT2D eigenvalue weighted by atomic mass is 35.5. The molecule has 0 radical (unpaired) electrons. The number of nitrogens with one attached hydrogen (secondary N) is 1. The predicted molar refractivity (Wildman–Crippen MR) is 67.1 cm³/mol. The van der Waals surface area contributed by atoms with Crippen LogP contribution in [0.2, 0.25) is 10.2 Å². The van der Waals surface area contributed by atoms with Gasteiger partial charge in [-0.15, -0.1) is 0 Å². The summed E-state index contributed by atoms with van der Waals surface area (Å²) in [7, 11) is 0. The van der Waals surface area contributed by atoms with E-state index in [4.69, 9.17) is 23.2 Å². The first-order valence-electron chi connectivity index (χ1n) is 4.80. The molecule has 7 heteroatoms. The number of rotatable bonds is 3. The topological polar surface area (TPSA) is 54.9 Å². The minimum atomic E-state index is -0.561. The number of carbonyl (C=O) groups is 1. The fourth-order valence-corrected chi connectivity index (χ4v) is 1.70. The van der Waals surface area contributed by atoms with Crippen LogP contribution in [0.4, 0.5) is 15.9 Å². The molecule has 4 nitrogen and oxygen atoms in total. The third-order valence-electron chi connectivity index (χ3n) is 2.16. The molecular formula is C11H6Cl2FN3O. The highest BCUT2D eigenvalue weighted by Crippen LogP contribution is 2.29. The zero-order valence-corrected chi connectivity index (χ0v) is 10.3. The molecule has 0 saturated heterocycles. The summed E-state index contributed by atoms with van der Waals surface area (Å²) in [6, 6.07) is 4.21. The molecule has 0 bridgehead atoms. The van der Waals surface area contributed by atoms with Crippen LogP contribution >= 0.6 is 23.2 Å². The molecule has 1 aromatic heterocycles. The first kappa shape index (κ1) is 12.7. The van der Waals surface area contributed by atoms with Crippen LogP contribution in [0.1, 0.15) is 10.4 Å². The van der Waals surface area contributed by atoms with Gasteiger partial charge in [-0.05, 0) is 12.1 Å². The summed E-state index contributed by atoms with van der Waals surface area (Å²) < 4.78 is 13.6. The second-order valence-corrected chi connectivity index (χ2v) is 4.03. The highest BCUT2D eigenvalue weighted by molar-refractivity contribution is 6.33. The van der Waals surface area contributed by atoms with E-state index in [1.54, 1.807) is 0 Å². The van der Waals surface area contributed by atoms with Gasteiger partial charge in [-0.3, -0.25) is 4.79 Å². The minimum Gasteiger partial charge on any atom is -0.336 e. The lowest BCUT2D eigenvalue weighted by atomic mass is 10.2. The molecule has 2 aromatic rings. The Labute approximate surface area is 112 Å². The van der Waals surface area contributed by atoms with E-state index in [2.05, 4.69) is 15.3 Å². The first-order chi connectivity index (χ1) is 8.63. The predicted octanol–water partition coefficient (Wildman–Crippen LogP) is 3.48. The first-order valence-corrected chi connectivity index (χ1v) is 5.55. The zero-order valence-electron chi connectivity index (χ0n) is 8.82. The quantitative estimate of drug-likeness (QED) is 0.693. The molecule has 0 atom stereocenters. The Morgan fingerprint density at radius 3 is 2.72 bits per heavy atom. The molecule has 0 unspecified atom stereocenters. The number of nitrogens with zero attached hydrogens (tertiary/aromatic N) is 2. The summed E-state index contributed by atoms with van der Waals surface area (Å²) in [5.74, 6) is -0.467. The van der Waals surface area contributed by atoms with Gasteiger partial charge in [0.25, 0.3) is 0 Å². The lowest BCUT2D eigenvalue weighted by molar-refractivity contribution is 0.112. The van der Waals surface area contributed by atoms with Crippen molar-refractivity contribution in [2.45, 2.75) is 0 Å². The zero-order chi connectivity index (χ0) is 13.1. The molecule has 0 spiro atoms. The van der Waals surface area contributed by atoms with Gasteiger partial charge in [0.15, 0.2) is 6.29 Å². The maximum absolute atomic E-state index is 13.6. The largest absolute Gasteiger partial charge is 0.336 e. The van der Waals surface area contributed by atoms with Crippen molar-refractivity contribution in [3.63, 3.8) is 0 Å². The van der Waals surface area contributed by atoms with Gasteiger partial charge in [-0.2, -0.15) is 0 Å². The molecule has 0 aliphatic carbocycles. The Kier molecular flexibility index (Phi) is 3.74. The smallest absolute Gasteiger partial charge is 0.156 e. The summed E-state index contributed by atoms with van der Waals surface area (Å²) >= 11 is 11.6. The summed E-state index contributed by atoms with van der Waals surface area (Å²) in [6.45, 7) is 0. The lowest BCUT2D eigenvalue weighted by Gasteiger charge is -2.10. The van der Waals surface area contributed by atoms with Crippen molar-refractivity contribution in [3.8, 4) is 0 Å². The Balaban J connectivity index is 2.46. The van der Waals surface area contributed by atoms with Gasteiger partial charge in [0.05, 0.1) is 16.3 Å². The number of hydrogen-bond donors (Lipinski definition) is 1. The summed E-state index contributed by atoms with van der Waals surface area (Å²) in [6.07, 6.45) is 1.64. The van der Waals surface area contributed by atoms with Gasteiger partial charge in [-0.1, -0.05) is 29.3 Å². The van der Waals surface area contributed by atoms with Crippen molar-refractivity contribution < 1.29 is 9.18 Å². The van der Waals surface area contributed by atoms with Crippen LogP contribution < -0.4 is 5.32 Å². The van der Waals surface area contributed by atoms with Crippen LogP contribution in [-0.4, -0.2) is 16.3 Å². The highest BCUT2D eigenvalue weighted by Gasteiger charge is 2.13. The van der Waals surface area contributed by atoms with E-state index in [1.165, 1.54) is 18.2 Å². The third-order valence-corrected chi connectivity index (χ3v) is 2.78. The molecule has 0 aliphatic rings. The van der Waals surface area contributed by atoms with Crippen molar-refractivity contribution in [1.29, 1.82) is 0 Å². The second-order valence-electron chi connectivity index (χ2n) is 3.27. The molecule has 0 saturated carbocycles. The Morgan fingerprint density at radius 2 is 2.06 bits per heavy atom. The fourth-order valence-electron chi connectivity index (χ4n) is 1.31. The molecular weight excluding hydrogens is 280 g/mol. The van der Waals surface area contributed by atoms with E-state index in [9.17, 15) is 9.18 Å². The van der Waals surface area contributed by atoms with Crippen LogP contribution in [0.3, 0.4) is 0 Å². The molecule has 18 heavy (non-hydrogen) atoms. The van der Waals surface area contributed by atoms with Crippen molar-refractivity contribution in [2.24, 2.45) is 0 Å². The van der Waals surface area contributed by atoms with Gasteiger partial charge < -0.3 is 5.32 Å². The monoisotopic (exact) mass is 285 g/mol. The number of para-hydroxylation sites is 1. The Hall–Kier alpha value is -1.72. The number of anilines is 2. The summed E-state index contributed by atoms with van der Waals surface area (Å²) in [5.41, 5.74) is 0.0653. The van der Waals surface area contributed by atoms with Gasteiger partial charge in [0.2, 0.25) is 0 Å². The second kappa shape index (κ2) is 5.29. The molecule has 1 heterocycles. The van der Waals surface area contributed by atoms with E-state index < -0.39 is 5.82 Å². The van der Waals surface area contributed by atoms with E-state index in [0.717, 1.165) is 6.33 Å². The van der Waals surface area contributed by atoms with Gasteiger partial charge in [-0.25, -0.2) is 14.4 Å². The molecule has 0 fully saturated rings. The van der Waals surface area contributed by atoms with E-state index >= 15 is 0 Å². The molecule has 1 aromatic carbocycles. The maximum Gasteiger partial charge on any atom is 0.156 e. The number of aromatic nitrogens is 2. The van der Waals surface area contributed by atoms with Gasteiger partial charge in [0.1, 0.15) is 23.1 Å².